The summed E-state index contributed by atoms with van der Waals surface area (Å²) in [6.45, 7) is 13.4. The number of methoxy groups -OCH3 is 1. The van der Waals surface area contributed by atoms with Crippen LogP contribution in [-0.2, 0) is 23.0 Å². The van der Waals surface area contributed by atoms with E-state index in [1.807, 2.05) is 30.3 Å². The summed E-state index contributed by atoms with van der Waals surface area (Å²) in [5.74, 6) is -0.146. The number of ether oxygens (including phenoxy) is 1. The van der Waals surface area contributed by atoms with Crippen LogP contribution < -0.4 is 5.32 Å². The van der Waals surface area contributed by atoms with E-state index >= 15 is 0 Å². The Balaban J connectivity index is 1.54. The molecule has 5 nitrogen and oxygen atoms in total. The third kappa shape index (κ3) is 5.42. The number of esters is 1. The zero-order valence-electron chi connectivity index (χ0n) is 24.5. The maximum atomic E-state index is 13.9. The van der Waals surface area contributed by atoms with Crippen molar-refractivity contribution in [2.75, 3.05) is 12.4 Å². The molecule has 1 amide bonds. The lowest BCUT2D eigenvalue weighted by molar-refractivity contribution is 0.0600. The Morgan fingerprint density at radius 2 is 1.70 bits per heavy atom. The number of pyridine rings is 1. The number of para-hydroxylation sites is 1. The first-order valence-electron chi connectivity index (χ1n) is 13.9. The summed E-state index contributed by atoms with van der Waals surface area (Å²) < 4.78 is 5.17. The average Bonchev–Trinajstić information content (AvgIpc) is 3.28. The molecule has 5 rings (SSSR count). The minimum Gasteiger partial charge on any atom is -0.465 e. The highest BCUT2D eigenvalue weighted by atomic mass is 32.1. The second-order valence-corrected chi connectivity index (χ2v) is 14.0. The van der Waals surface area contributed by atoms with Gasteiger partial charge < -0.3 is 10.1 Å². The van der Waals surface area contributed by atoms with E-state index in [9.17, 15) is 9.59 Å². The molecule has 0 saturated heterocycles. The summed E-state index contributed by atoms with van der Waals surface area (Å²) in [6.07, 6.45) is 2.72. The highest BCUT2D eigenvalue weighted by Crippen LogP contribution is 2.44. The Morgan fingerprint density at radius 1 is 1.00 bits per heavy atom. The molecular formula is C34H38N2O3S. The summed E-state index contributed by atoms with van der Waals surface area (Å²) in [5.41, 5.74) is 5.93. The molecule has 1 unspecified atom stereocenters. The topological polar surface area (TPSA) is 68.3 Å². The Kier molecular flexibility index (Phi) is 7.34. The molecule has 0 aliphatic heterocycles. The molecule has 1 aliphatic carbocycles. The van der Waals surface area contributed by atoms with Crippen molar-refractivity contribution in [3.8, 4) is 11.3 Å². The number of amides is 1. The zero-order valence-corrected chi connectivity index (χ0v) is 25.3. The second-order valence-electron chi connectivity index (χ2n) is 12.9. The van der Waals surface area contributed by atoms with Gasteiger partial charge in [0.15, 0.2) is 0 Å². The number of nitrogens with one attached hydrogen (secondary N) is 1. The SMILES string of the molecule is COC(=O)c1c(NC(=O)c2cc(-c3ccc(C(C)(C)C)cc3)nc3ccccc23)sc2c1CCC(C(C)(C)C)C2. The van der Waals surface area contributed by atoms with E-state index in [0.717, 1.165) is 47.0 Å². The number of aromatic nitrogens is 1. The fraction of sp³-hybridized carbons (Fsp3) is 0.382. The van der Waals surface area contributed by atoms with Gasteiger partial charge in [-0.05, 0) is 59.3 Å². The molecule has 0 bridgehead atoms. The van der Waals surface area contributed by atoms with Crippen molar-refractivity contribution in [3.63, 3.8) is 0 Å². The summed E-state index contributed by atoms with van der Waals surface area (Å²) in [6, 6.07) is 17.9. The number of rotatable bonds is 4. The quantitative estimate of drug-likeness (QED) is 0.257. The summed E-state index contributed by atoms with van der Waals surface area (Å²) in [5, 5.41) is 4.43. The lowest BCUT2D eigenvalue weighted by atomic mass is 9.72. The minimum atomic E-state index is -0.402. The van der Waals surface area contributed by atoms with Crippen molar-refractivity contribution in [3.05, 3.63) is 81.7 Å². The predicted molar refractivity (Wildman–Crippen MR) is 164 cm³/mol. The van der Waals surface area contributed by atoms with E-state index in [4.69, 9.17) is 9.72 Å². The van der Waals surface area contributed by atoms with E-state index < -0.39 is 5.97 Å². The number of carbonyl (C=O) groups is 2. The van der Waals surface area contributed by atoms with Crippen LogP contribution in [0.2, 0.25) is 0 Å². The van der Waals surface area contributed by atoms with Crippen LogP contribution in [0.3, 0.4) is 0 Å². The summed E-state index contributed by atoms with van der Waals surface area (Å²) >= 11 is 1.51. The van der Waals surface area contributed by atoms with Crippen LogP contribution in [0.15, 0.2) is 54.6 Å². The van der Waals surface area contributed by atoms with Crippen molar-refractivity contribution in [2.45, 2.75) is 66.2 Å². The standard InChI is InChI=1S/C34H38N2O3S/c1-33(2,3)21-14-12-20(13-15-21)27-19-25(23-10-8-9-11-26(23)35-27)30(37)36-31-29(32(38)39-7)24-17-16-22(34(4,5)6)18-28(24)40-31/h8-15,19,22H,16-18H2,1-7H3,(H,36,37). The van der Waals surface area contributed by atoms with Gasteiger partial charge in [0.2, 0.25) is 0 Å². The highest BCUT2D eigenvalue weighted by Gasteiger charge is 2.34. The van der Waals surface area contributed by atoms with Crippen LogP contribution in [0.1, 0.15) is 84.7 Å². The molecule has 208 valence electrons. The Morgan fingerprint density at radius 3 is 2.35 bits per heavy atom. The molecular weight excluding hydrogens is 516 g/mol. The molecule has 1 atom stereocenters. The van der Waals surface area contributed by atoms with E-state index in [2.05, 4.69) is 71.1 Å². The first-order valence-corrected chi connectivity index (χ1v) is 14.7. The minimum absolute atomic E-state index is 0.0461. The Bertz CT molecular complexity index is 1590. The van der Waals surface area contributed by atoms with Crippen molar-refractivity contribution in [2.24, 2.45) is 11.3 Å². The molecule has 40 heavy (non-hydrogen) atoms. The van der Waals surface area contributed by atoms with Crippen molar-refractivity contribution in [1.82, 2.24) is 4.98 Å². The smallest absolute Gasteiger partial charge is 0.341 e. The maximum Gasteiger partial charge on any atom is 0.341 e. The molecule has 2 aromatic carbocycles. The molecule has 0 fully saturated rings. The van der Waals surface area contributed by atoms with E-state index in [1.54, 1.807) is 0 Å². The molecule has 0 saturated carbocycles. The van der Waals surface area contributed by atoms with E-state index in [1.165, 1.54) is 28.9 Å². The van der Waals surface area contributed by atoms with Crippen molar-refractivity contribution < 1.29 is 14.3 Å². The third-order valence-electron chi connectivity index (χ3n) is 8.11. The van der Waals surface area contributed by atoms with Gasteiger partial charge in [0.1, 0.15) is 5.00 Å². The van der Waals surface area contributed by atoms with Gasteiger partial charge in [0.05, 0.1) is 29.4 Å². The number of fused-ring (bicyclic) bond motifs is 2. The lowest BCUT2D eigenvalue weighted by Gasteiger charge is -2.33. The largest absolute Gasteiger partial charge is 0.465 e. The second kappa shape index (κ2) is 10.5. The predicted octanol–water partition coefficient (Wildman–Crippen LogP) is 8.45. The fourth-order valence-electron chi connectivity index (χ4n) is 5.55. The van der Waals surface area contributed by atoms with Crippen LogP contribution >= 0.6 is 11.3 Å². The Labute approximate surface area is 241 Å². The van der Waals surface area contributed by atoms with Gasteiger partial charge >= 0.3 is 5.97 Å². The van der Waals surface area contributed by atoms with Crippen molar-refractivity contribution >= 4 is 39.1 Å². The summed E-state index contributed by atoms with van der Waals surface area (Å²) in [4.78, 5) is 32.9. The molecule has 2 aromatic heterocycles. The number of carbonyl (C=O) groups excluding carboxylic acids is 2. The monoisotopic (exact) mass is 554 g/mol. The molecule has 6 heteroatoms. The van der Waals surface area contributed by atoms with Gasteiger partial charge in [-0.15, -0.1) is 11.3 Å². The van der Waals surface area contributed by atoms with Gasteiger partial charge in [-0.1, -0.05) is 84.0 Å². The van der Waals surface area contributed by atoms with Gasteiger partial charge in [-0.25, -0.2) is 9.78 Å². The van der Waals surface area contributed by atoms with Gasteiger partial charge in [0, 0.05) is 15.8 Å². The summed E-state index contributed by atoms with van der Waals surface area (Å²) in [7, 11) is 1.40. The van der Waals surface area contributed by atoms with Crippen LogP contribution in [0.4, 0.5) is 5.00 Å². The highest BCUT2D eigenvalue weighted by molar-refractivity contribution is 7.17. The Hall–Kier alpha value is -3.51. The van der Waals surface area contributed by atoms with Crippen molar-refractivity contribution in [1.29, 1.82) is 0 Å². The van der Waals surface area contributed by atoms with Gasteiger partial charge in [-0.2, -0.15) is 0 Å². The van der Waals surface area contributed by atoms with E-state index in [-0.39, 0.29) is 16.7 Å². The molecule has 0 radical (unpaired) electrons. The number of benzene rings is 2. The first kappa shape index (κ1) is 28.0. The van der Waals surface area contributed by atoms with E-state index in [0.29, 0.717) is 22.0 Å². The first-order chi connectivity index (χ1) is 18.9. The number of nitrogens with zero attached hydrogens (tertiary/aromatic N) is 1. The molecule has 1 N–H and O–H groups in total. The molecule has 1 aliphatic rings. The van der Waals surface area contributed by atoms with Crippen LogP contribution in [-0.4, -0.2) is 24.0 Å². The normalized spacial score (nSPS) is 15.5. The van der Waals surface area contributed by atoms with Crippen LogP contribution in [0, 0.1) is 11.3 Å². The van der Waals surface area contributed by atoms with Gasteiger partial charge in [0.25, 0.3) is 5.91 Å². The van der Waals surface area contributed by atoms with Crippen LogP contribution in [0.25, 0.3) is 22.2 Å². The number of hydrogen-bond acceptors (Lipinski definition) is 5. The zero-order chi connectivity index (χ0) is 28.8. The molecule has 4 aromatic rings. The molecule has 2 heterocycles. The number of hydrogen-bond donors (Lipinski definition) is 1. The molecule has 0 spiro atoms. The maximum absolute atomic E-state index is 13.9. The number of anilines is 1. The third-order valence-corrected chi connectivity index (χ3v) is 9.28. The fourth-order valence-corrected chi connectivity index (χ4v) is 6.86. The van der Waals surface area contributed by atoms with Gasteiger partial charge in [-0.3, -0.25) is 4.79 Å². The number of thiophene rings is 1. The lowest BCUT2D eigenvalue weighted by Crippen LogP contribution is -2.26. The average molecular weight is 555 g/mol. The van der Waals surface area contributed by atoms with Crippen LogP contribution in [0.5, 0.6) is 0 Å².